The average molecular weight is 278 g/mol. The van der Waals surface area contributed by atoms with Gasteiger partial charge in [-0.05, 0) is 30.3 Å². The first-order chi connectivity index (χ1) is 9.60. The summed E-state index contributed by atoms with van der Waals surface area (Å²) in [6.07, 6.45) is 1.61. The molecule has 0 unspecified atom stereocenters. The van der Waals surface area contributed by atoms with Crippen LogP contribution in [0.2, 0.25) is 0 Å². The molecule has 0 spiro atoms. The van der Waals surface area contributed by atoms with Gasteiger partial charge in [-0.2, -0.15) is 4.39 Å². The van der Waals surface area contributed by atoms with E-state index < -0.39 is 16.4 Å². The molecule has 1 aromatic carbocycles. The van der Waals surface area contributed by atoms with Gasteiger partial charge in [-0.3, -0.25) is 15.0 Å². The van der Waals surface area contributed by atoms with Gasteiger partial charge >= 0.3 is 5.69 Å². The van der Waals surface area contributed by atoms with Crippen LogP contribution in [0.3, 0.4) is 0 Å². The van der Waals surface area contributed by atoms with Crippen LogP contribution in [0.5, 0.6) is 0 Å². The van der Waals surface area contributed by atoms with Crippen molar-refractivity contribution < 1.29 is 13.7 Å². The van der Waals surface area contributed by atoms with Gasteiger partial charge < -0.3 is 4.42 Å². The Bertz CT molecular complexity index is 584. The summed E-state index contributed by atoms with van der Waals surface area (Å²) in [6, 6.07) is 7.67. The molecule has 0 radical (unpaired) electrons. The summed E-state index contributed by atoms with van der Waals surface area (Å²) in [5, 5.41) is 10.6. The van der Waals surface area contributed by atoms with Crippen molar-refractivity contribution in [3.8, 4) is 0 Å². The summed E-state index contributed by atoms with van der Waals surface area (Å²) in [6.45, 7) is 3.87. The number of nitrogens with zero attached hydrogens (tertiary/aromatic N) is 2. The average Bonchev–Trinajstić information content (AvgIpc) is 2.90. The van der Waals surface area contributed by atoms with E-state index in [1.54, 1.807) is 12.3 Å². The second-order valence-corrected chi connectivity index (χ2v) is 4.43. The summed E-state index contributed by atoms with van der Waals surface area (Å²) in [5.41, 5.74) is 0.198. The summed E-state index contributed by atoms with van der Waals surface area (Å²) in [5.74, 6) is 0.0239. The van der Waals surface area contributed by atoms with Crippen LogP contribution in [0.4, 0.5) is 10.1 Å². The number of rotatable bonds is 6. The van der Waals surface area contributed by atoms with Gasteiger partial charge in [0.25, 0.3) is 0 Å². The van der Waals surface area contributed by atoms with Crippen molar-refractivity contribution >= 4 is 5.69 Å². The topological polar surface area (TPSA) is 59.5 Å². The van der Waals surface area contributed by atoms with Crippen LogP contribution in [0.15, 0.2) is 41.0 Å². The quantitative estimate of drug-likeness (QED) is 0.600. The lowest BCUT2D eigenvalue weighted by Gasteiger charge is -2.19. The van der Waals surface area contributed by atoms with Gasteiger partial charge in [-0.15, -0.1) is 0 Å². The van der Waals surface area contributed by atoms with E-state index in [9.17, 15) is 14.5 Å². The van der Waals surface area contributed by atoms with Crippen molar-refractivity contribution in [3.63, 3.8) is 0 Å². The highest BCUT2D eigenvalue weighted by atomic mass is 19.1. The zero-order valence-electron chi connectivity index (χ0n) is 11.1. The Hall–Kier alpha value is -2.21. The van der Waals surface area contributed by atoms with E-state index in [0.29, 0.717) is 18.7 Å². The first kappa shape index (κ1) is 14.2. The molecule has 0 saturated carbocycles. The molecule has 0 fully saturated rings. The number of nitro groups is 1. The van der Waals surface area contributed by atoms with E-state index in [1.165, 1.54) is 12.1 Å². The number of hydrogen-bond acceptors (Lipinski definition) is 4. The van der Waals surface area contributed by atoms with Crippen LogP contribution >= 0.6 is 0 Å². The van der Waals surface area contributed by atoms with Crippen molar-refractivity contribution in [1.29, 1.82) is 0 Å². The lowest BCUT2D eigenvalue weighted by Crippen LogP contribution is -2.22. The maximum absolute atomic E-state index is 13.6. The van der Waals surface area contributed by atoms with E-state index in [-0.39, 0.29) is 0 Å². The summed E-state index contributed by atoms with van der Waals surface area (Å²) < 4.78 is 18.8. The van der Waals surface area contributed by atoms with Crippen LogP contribution in [-0.2, 0) is 13.1 Å². The maximum atomic E-state index is 13.6. The normalized spacial score (nSPS) is 10.9. The fourth-order valence-electron chi connectivity index (χ4n) is 1.96. The number of benzene rings is 1. The van der Waals surface area contributed by atoms with Crippen LogP contribution in [-0.4, -0.2) is 16.4 Å². The lowest BCUT2D eigenvalue weighted by molar-refractivity contribution is -0.387. The first-order valence-corrected chi connectivity index (χ1v) is 6.27. The molecular weight excluding hydrogens is 263 g/mol. The van der Waals surface area contributed by atoms with E-state index in [2.05, 4.69) is 4.90 Å². The molecule has 2 aromatic rings. The molecule has 0 saturated heterocycles. The van der Waals surface area contributed by atoms with Crippen LogP contribution in [0.1, 0.15) is 18.2 Å². The van der Waals surface area contributed by atoms with E-state index in [4.69, 9.17) is 4.42 Å². The molecule has 0 amide bonds. The third kappa shape index (κ3) is 3.42. The van der Waals surface area contributed by atoms with Gasteiger partial charge in [0, 0.05) is 12.6 Å². The van der Waals surface area contributed by atoms with Crippen LogP contribution in [0.25, 0.3) is 0 Å². The third-order valence-electron chi connectivity index (χ3n) is 3.02. The summed E-state index contributed by atoms with van der Waals surface area (Å²) in [4.78, 5) is 11.9. The Morgan fingerprint density at radius 3 is 2.70 bits per heavy atom. The second-order valence-electron chi connectivity index (χ2n) is 4.43. The Balaban J connectivity index is 2.07. The SMILES string of the molecule is CCN(Cc1ccc([N+](=O)[O-])c(F)c1)Cc1ccco1. The molecule has 0 aliphatic heterocycles. The maximum Gasteiger partial charge on any atom is 0.304 e. The monoisotopic (exact) mass is 278 g/mol. The fraction of sp³-hybridized carbons (Fsp3) is 0.286. The summed E-state index contributed by atoms with van der Waals surface area (Å²) in [7, 11) is 0. The van der Waals surface area contributed by atoms with Gasteiger partial charge in [-0.1, -0.05) is 13.0 Å². The highest BCUT2D eigenvalue weighted by Gasteiger charge is 2.15. The standard InChI is InChI=1S/C14H15FN2O3/c1-2-16(10-12-4-3-7-20-12)9-11-5-6-14(17(18)19)13(15)8-11/h3-8H,2,9-10H2,1H3. The fourth-order valence-corrected chi connectivity index (χ4v) is 1.96. The smallest absolute Gasteiger partial charge is 0.304 e. The molecule has 1 heterocycles. The molecule has 0 bridgehead atoms. The Labute approximate surface area is 115 Å². The molecule has 2 rings (SSSR count). The van der Waals surface area contributed by atoms with Gasteiger partial charge in [-0.25, -0.2) is 0 Å². The predicted octanol–water partition coefficient (Wildman–Crippen LogP) is 3.35. The molecule has 0 aliphatic rings. The third-order valence-corrected chi connectivity index (χ3v) is 3.02. The molecule has 5 nitrogen and oxygen atoms in total. The first-order valence-electron chi connectivity index (χ1n) is 6.27. The Morgan fingerprint density at radius 1 is 1.35 bits per heavy atom. The number of hydrogen-bond donors (Lipinski definition) is 0. The highest BCUT2D eigenvalue weighted by Crippen LogP contribution is 2.19. The largest absolute Gasteiger partial charge is 0.468 e. The minimum absolute atomic E-state index is 0.497. The highest BCUT2D eigenvalue weighted by molar-refractivity contribution is 5.34. The number of nitro benzene ring substituents is 1. The molecule has 0 atom stereocenters. The van der Waals surface area contributed by atoms with Gasteiger partial charge in [0.05, 0.1) is 17.7 Å². The van der Waals surface area contributed by atoms with Crippen molar-refractivity contribution in [2.75, 3.05) is 6.54 Å². The Kier molecular flexibility index (Phi) is 4.47. The minimum atomic E-state index is -0.804. The number of furan rings is 1. The second kappa shape index (κ2) is 6.29. The molecule has 0 N–H and O–H groups in total. The molecule has 106 valence electrons. The molecule has 1 aromatic heterocycles. The minimum Gasteiger partial charge on any atom is -0.468 e. The van der Waals surface area contributed by atoms with E-state index in [1.807, 2.05) is 19.1 Å². The zero-order chi connectivity index (χ0) is 14.5. The molecule has 0 aliphatic carbocycles. The molecular formula is C14H15FN2O3. The van der Waals surface area contributed by atoms with Crippen molar-refractivity contribution in [1.82, 2.24) is 4.90 Å². The molecule has 20 heavy (non-hydrogen) atoms. The van der Waals surface area contributed by atoms with Crippen LogP contribution < -0.4 is 0 Å². The van der Waals surface area contributed by atoms with Crippen molar-refractivity contribution in [2.45, 2.75) is 20.0 Å². The zero-order valence-corrected chi connectivity index (χ0v) is 11.1. The van der Waals surface area contributed by atoms with Gasteiger partial charge in [0.1, 0.15) is 5.76 Å². The Morgan fingerprint density at radius 2 is 2.15 bits per heavy atom. The van der Waals surface area contributed by atoms with Gasteiger partial charge in [0.15, 0.2) is 0 Å². The van der Waals surface area contributed by atoms with Gasteiger partial charge in [0.2, 0.25) is 5.82 Å². The van der Waals surface area contributed by atoms with Crippen molar-refractivity contribution in [3.05, 3.63) is 63.9 Å². The lowest BCUT2D eigenvalue weighted by atomic mass is 10.2. The number of halogens is 1. The predicted molar refractivity (Wildman–Crippen MR) is 71.6 cm³/mol. The van der Waals surface area contributed by atoms with E-state index in [0.717, 1.165) is 12.3 Å². The summed E-state index contributed by atoms with van der Waals surface area (Å²) >= 11 is 0. The van der Waals surface area contributed by atoms with Crippen molar-refractivity contribution in [2.24, 2.45) is 0 Å². The van der Waals surface area contributed by atoms with Crippen LogP contribution in [0, 0.1) is 15.9 Å². The van der Waals surface area contributed by atoms with E-state index >= 15 is 0 Å². The molecule has 6 heteroatoms.